The highest BCUT2D eigenvalue weighted by molar-refractivity contribution is 6.00. The summed E-state index contributed by atoms with van der Waals surface area (Å²) in [5.74, 6) is -17.5. The zero-order valence-corrected chi connectivity index (χ0v) is 61.0. The van der Waals surface area contributed by atoms with Gasteiger partial charge in [-0.15, -0.1) is 0 Å². The van der Waals surface area contributed by atoms with E-state index in [4.69, 9.17) is 57.3 Å². The molecule has 0 aromatic carbocycles. The van der Waals surface area contributed by atoms with Crippen molar-refractivity contribution in [3.63, 3.8) is 0 Å². The second kappa shape index (κ2) is 50.6. The van der Waals surface area contributed by atoms with Gasteiger partial charge in [-0.05, 0) is 94.4 Å². The molecule has 0 rings (SSSR count). The molecule has 0 spiro atoms. The van der Waals surface area contributed by atoms with Crippen LogP contribution in [0.4, 0.5) is 0 Å². The zero-order valence-electron chi connectivity index (χ0n) is 61.0. The molecule has 104 heavy (non-hydrogen) atoms. The maximum Gasteiger partial charge on any atom is 0.328 e. The molecule has 0 saturated carbocycles. The lowest BCUT2D eigenvalue weighted by molar-refractivity contribution is -0.143. The molecule has 41 nitrogen and oxygen atoms in total. The number of hydrogen-bond donors (Lipinski definition) is 24. The molecule has 0 fully saturated rings. The highest BCUT2D eigenvalue weighted by Crippen LogP contribution is 2.17. The summed E-state index contributed by atoms with van der Waals surface area (Å²) in [5.41, 5.74) is 55.6. The van der Waals surface area contributed by atoms with Gasteiger partial charge < -0.3 is 131 Å². The molecule has 592 valence electrons. The van der Waals surface area contributed by atoms with Crippen LogP contribution < -0.4 is 116 Å². The molecule has 34 N–H and O–H groups in total. The van der Waals surface area contributed by atoms with Gasteiger partial charge in [0, 0.05) is 26.1 Å². The first kappa shape index (κ1) is 94.2. The Balaban J connectivity index is 7.29. The number of carboxylic acid groups (broad SMARTS) is 1. The average molecular weight is 1480 g/mol. The predicted octanol–water partition coefficient (Wildman–Crippen LogP) is -8.67. The van der Waals surface area contributed by atoms with Gasteiger partial charge in [-0.25, -0.2) is 4.79 Å². The summed E-state index contributed by atoms with van der Waals surface area (Å²) in [6.45, 7) is 11.6. The zero-order chi connectivity index (χ0) is 79.5. The maximum absolute atomic E-state index is 14.7. The minimum Gasteiger partial charge on any atom is -0.480 e. The summed E-state index contributed by atoms with van der Waals surface area (Å²) < 4.78 is 0. The molecular formula is C63H118N24O17. The van der Waals surface area contributed by atoms with Crippen LogP contribution in [0.1, 0.15) is 158 Å². The first-order valence-electron chi connectivity index (χ1n) is 34.8. The van der Waals surface area contributed by atoms with Gasteiger partial charge in [0.1, 0.15) is 66.5 Å². The number of nitrogens with zero attached hydrogens (tertiary/aromatic N) is 3. The second-order valence-electron chi connectivity index (χ2n) is 25.9. The fraction of sp³-hybridized carbons (Fsp3) is 0.730. The van der Waals surface area contributed by atoms with Gasteiger partial charge in [-0.3, -0.25) is 77.3 Å². The standard InChI is InChI=1S/C63H118N24O17/c1-9-32(6)46(58(101)82-40(27-31(4)5)54(97)83-42(29-88)56(99)79-36(18-14-24-74-61(68)69)50(93)81-41(28-45(67)91)55(98)84-43(30-89)60(103)104)85-53(96)38(20-16-26-76-63(72)73)78-51(94)39(21-22-44(66)90)80-57(100)47(33(7)10-2)87-59(102)48(34(8)11-3)86-52(95)37(19-15-25-75-62(70)71)77-49(92)35(65)17-12-13-23-64/h31-43,46-48,88-89H,9-30,64-65H2,1-8H3,(H2,66,90)(H2,67,91)(H,77,92)(H,78,94)(H,79,99)(H,80,100)(H,81,93)(H,82,101)(H,83,97)(H,84,98)(H,85,96)(H,86,95)(H,87,102)(H,103,104)(H4,68,69,74)(H4,70,71,75)(H4,72,73,76)/t32-,33-,34-,35-,36-,37-,38-,39-,40-,41-,42-,43-,46-,47-,48-/m0/s1. The Morgan fingerprint density at radius 2 is 0.663 bits per heavy atom. The van der Waals surface area contributed by atoms with Crippen LogP contribution in [0.25, 0.3) is 0 Å². The number of carbonyl (C=O) groups is 14. The van der Waals surface area contributed by atoms with Crippen molar-refractivity contribution in [1.29, 1.82) is 0 Å². The van der Waals surface area contributed by atoms with Crippen molar-refractivity contribution < 1.29 is 82.4 Å². The van der Waals surface area contributed by atoms with E-state index in [0.29, 0.717) is 25.8 Å². The number of carboxylic acids is 1. The number of carbonyl (C=O) groups excluding carboxylic acids is 13. The Morgan fingerprint density at radius 1 is 0.356 bits per heavy atom. The molecular weight excluding hydrogens is 1360 g/mol. The Labute approximate surface area is 605 Å². The lowest BCUT2D eigenvalue weighted by Gasteiger charge is -2.31. The van der Waals surface area contributed by atoms with Crippen LogP contribution in [0.5, 0.6) is 0 Å². The Bertz CT molecular complexity index is 2910. The van der Waals surface area contributed by atoms with Crippen LogP contribution in [0.15, 0.2) is 15.0 Å². The van der Waals surface area contributed by atoms with E-state index in [1.165, 1.54) is 0 Å². The van der Waals surface area contributed by atoms with Crippen molar-refractivity contribution in [1.82, 2.24) is 58.5 Å². The van der Waals surface area contributed by atoms with Crippen LogP contribution >= 0.6 is 0 Å². The number of rotatable bonds is 54. The summed E-state index contributed by atoms with van der Waals surface area (Å²) in [7, 11) is 0. The minimum absolute atomic E-state index is 0.0195. The van der Waals surface area contributed by atoms with Gasteiger partial charge in [-0.1, -0.05) is 81.1 Å². The van der Waals surface area contributed by atoms with E-state index in [2.05, 4.69) is 68.1 Å². The minimum atomic E-state index is -1.86. The number of aliphatic hydroxyl groups excluding tert-OH is 2. The summed E-state index contributed by atoms with van der Waals surface area (Å²) in [4.78, 5) is 203. The first-order valence-corrected chi connectivity index (χ1v) is 34.8. The van der Waals surface area contributed by atoms with Crippen molar-refractivity contribution >= 4 is 101 Å². The Hall–Kier alpha value is -9.77. The van der Waals surface area contributed by atoms with Gasteiger partial charge in [0.15, 0.2) is 17.9 Å². The number of aliphatic imine (C=N–C) groups is 3. The SMILES string of the molecule is CC[C@H](C)[C@H](NC(=O)[C@H](CCCN=C(N)N)NC(=O)[C@H](CCC(N)=O)NC(=O)[C@@H](NC(=O)[C@@H](NC(=O)[C@H](CCCN=C(N)N)NC(=O)[C@@H](N)CCCCN)[C@@H](C)CC)[C@@H](C)CC)C(=O)N[C@@H](CC(C)C)C(=O)N[C@@H](CO)C(=O)N[C@@H](CCCN=C(N)N)C(=O)N[C@@H](CC(N)=O)C(=O)N[C@@H](CO)C(=O)O. The van der Waals surface area contributed by atoms with Gasteiger partial charge in [0.05, 0.1) is 25.7 Å². The van der Waals surface area contributed by atoms with E-state index < -0.39 is 205 Å². The smallest absolute Gasteiger partial charge is 0.328 e. The number of aliphatic hydroxyl groups is 2. The van der Waals surface area contributed by atoms with E-state index in [9.17, 15) is 82.4 Å². The number of hydrogen-bond acceptors (Lipinski definition) is 21. The third-order valence-electron chi connectivity index (χ3n) is 16.7. The highest BCUT2D eigenvalue weighted by Gasteiger charge is 2.39. The number of amides is 13. The number of guanidine groups is 3. The molecule has 0 aromatic heterocycles. The molecule has 0 aliphatic rings. The summed E-state index contributed by atoms with van der Waals surface area (Å²) in [5, 5.41) is 56.8. The van der Waals surface area contributed by atoms with Crippen molar-refractivity contribution in [2.24, 2.45) is 96.0 Å². The fourth-order valence-electron chi connectivity index (χ4n) is 10.0. The lowest BCUT2D eigenvalue weighted by Crippen LogP contribution is -2.62. The van der Waals surface area contributed by atoms with E-state index in [-0.39, 0.29) is 108 Å². The summed E-state index contributed by atoms with van der Waals surface area (Å²) >= 11 is 0. The molecule has 0 aromatic rings. The van der Waals surface area contributed by atoms with Crippen molar-refractivity contribution in [3.05, 3.63) is 0 Å². The highest BCUT2D eigenvalue weighted by atomic mass is 16.4. The molecule has 15 atom stereocenters. The second-order valence-corrected chi connectivity index (χ2v) is 25.9. The van der Waals surface area contributed by atoms with Gasteiger partial charge >= 0.3 is 5.97 Å². The predicted molar refractivity (Wildman–Crippen MR) is 384 cm³/mol. The molecule has 0 bridgehead atoms. The molecule has 0 aliphatic carbocycles. The van der Waals surface area contributed by atoms with E-state index in [1.54, 1.807) is 55.4 Å². The van der Waals surface area contributed by atoms with Gasteiger partial charge in [0.2, 0.25) is 76.8 Å². The van der Waals surface area contributed by atoms with Crippen LogP contribution in [0, 0.1) is 23.7 Å². The fourth-order valence-corrected chi connectivity index (χ4v) is 10.0. The van der Waals surface area contributed by atoms with Gasteiger partial charge in [0.25, 0.3) is 0 Å². The average Bonchev–Trinajstić information content (AvgIpc) is 0.845. The third-order valence-corrected chi connectivity index (χ3v) is 16.7. The normalized spacial score (nSPS) is 15.4. The van der Waals surface area contributed by atoms with Gasteiger partial charge in [-0.2, -0.15) is 0 Å². The number of primary amides is 2. The quantitative estimate of drug-likeness (QED) is 0.0153. The van der Waals surface area contributed by atoms with E-state index >= 15 is 0 Å². The van der Waals surface area contributed by atoms with Crippen molar-refractivity contribution in [3.8, 4) is 0 Å². The maximum atomic E-state index is 14.7. The lowest BCUT2D eigenvalue weighted by atomic mass is 9.94. The summed E-state index contributed by atoms with van der Waals surface area (Å²) in [6.07, 6.45) is 0.0536. The van der Waals surface area contributed by atoms with E-state index in [0.717, 1.165) is 0 Å². The van der Waals surface area contributed by atoms with Crippen LogP contribution in [0.2, 0.25) is 0 Å². The first-order chi connectivity index (χ1) is 48.8. The van der Waals surface area contributed by atoms with E-state index in [1.807, 2.05) is 5.32 Å². The van der Waals surface area contributed by atoms with Crippen molar-refractivity contribution in [2.45, 2.75) is 231 Å². The molecule has 0 aliphatic heterocycles. The molecule has 0 saturated heterocycles. The summed E-state index contributed by atoms with van der Waals surface area (Å²) in [6, 6.07) is -18.3. The topological polar surface area (TPSA) is 729 Å². The van der Waals surface area contributed by atoms with Crippen molar-refractivity contribution in [2.75, 3.05) is 39.4 Å². The monoisotopic (exact) mass is 1480 g/mol. The number of nitrogens with one attached hydrogen (secondary N) is 11. The van der Waals surface area contributed by atoms with Crippen LogP contribution in [-0.4, -0.2) is 228 Å². The molecule has 13 amide bonds. The van der Waals surface area contributed by atoms with Crippen LogP contribution in [-0.2, 0) is 67.1 Å². The number of unbranched alkanes of at least 4 members (excludes halogenated alkanes) is 1. The van der Waals surface area contributed by atoms with Crippen LogP contribution in [0.3, 0.4) is 0 Å². The number of aliphatic carboxylic acids is 1. The molecule has 41 heteroatoms. The molecule has 0 radical (unpaired) electrons. The largest absolute Gasteiger partial charge is 0.480 e. The number of nitrogens with two attached hydrogens (primary N) is 10. The Kier molecular flexibility index (Phi) is 45.8. The Morgan fingerprint density at radius 3 is 1.02 bits per heavy atom. The molecule has 0 heterocycles. The third kappa shape index (κ3) is 37.4. The molecule has 0 unspecified atom stereocenters.